The van der Waals surface area contributed by atoms with Gasteiger partial charge in [0.1, 0.15) is 0 Å². The summed E-state index contributed by atoms with van der Waals surface area (Å²) in [5.74, 6) is 0. The second kappa shape index (κ2) is 7.21. The highest BCUT2D eigenvalue weighted by Crippen LogP contribution is 2.23. The summed E-state index contributed by atoms with van der Waals surface area (Å²) in [5, 5.41) is 3.59. The lowest BCUT2D eigenvalue weighted by Crippen LogP contribution is -2.59. The fourth-order valence-corrected chi connectivity index (χ4v) is 4.02. The molecule has 1 N–H and O–H groups in total. The first-order valence-electron chi connectivity index (χ1n) is 8.63. The molecule has 3 fully saturated rings. The lowest BCUT2D eigenvalue weighted by molar-refractivity contribution is 0.0155. The molecular formula is C16H31N3O. The minimum absolute atomic E-state index is 0.475. The second-order valence-corrected chi connectivity index (χ2v) is 6.83. The van der Waals surface area contributed by atoms with Crippen LogP contribution < -0.4 is 5.32 Å². The highest BCUT2D eigenvalue weighted by molar-refractivity contribution is 4.89. The Balaban J connectivity index is 1.36. The van der Waals surface area contributed by atoms with Crippen LogP contribution in [-0.2, 0) is 4.74 Å². The van der Waals surface area contributed by atoms with Crippen LogP contribution in [0.15, 0.2) is 0 Å². The van der Waals surface area contributed by atoms with Crippen LogP contribution in [0.3, 0.4) is 0 Å². The van der Waals surface area contributed by atoms with Gasteiger partial charge in [-0.1, -0.05) is 6.42 Å². The molecule has 3 aliphatic heterocycles. The van der Waals surface area contributed by atoms with E-state index in [-0.39, 0.29) is 0 Å². The quantitative estimate of drug-likeness (QED) is 0.769. The third-order valence-electron chi connectivity index (χ3n) is 5.29. The number of hydrogen-bond acceptors (Lipinski definition) is 4. The van der Waals surface area contributed by atoms with E-state index in [2.05, 4.69) is 22.0 Å². The molecule has 0 bridgehead atoms. The van der Waals surface area contributed by atoms with Crippen molar-refractivity contribution in [3.05, 3.63) is 0 Å². The van der Waals surface area contributed by atoms with Gasteiger partial charge in [0.2, 0.25) is 0 Å². The van der Waals surface area contributed by atoms with Gasteiger partial charge < -0.3 is 10.1 Å². The van der Waals surface area contributed by atoms with Gasteiger partial charge in [0, 0.05) is 51.4 Å². The molecule has 116 valence electrons. The first kappa shape index (κ1) is 14.8. The summed E-state index contributed by atoms with van der Waals surface area (Å²) in [5.41, 5.74) is 0. The maximum absolute atomic E-state index is 5.65. The lowest BCUT2D eigenvalue weighted by Gasteiger charge is -2.47. The van der Waals surface area contributed by atoms with E-state index in [1.54, 1.807) is 0 Å². The summed E-state index contributed by atoms with van der Waals surface area (Å²) < 4.78 is 5.65. The van der Waals surface area contributed by atoms with E-state index < -0.39 is 0 Å². The largest absolute Gasteiger partial charge is 0.377 e. The third kappa shape index (κ3) is 3.73. The number of nitrogens with zero attached hydrogens (tertiary/aromatic N) is 2. The standard InChI is InChI=1S/C16H31N3O/c1-14-12-19-8-3-2-5-15(19)13-18(14)9-7-17-11-16-6-4-10-20-16/h14-17H,2-13H2,1H3. The molecule has 0 aromatic carbocycles. The van der Waals surface area contributed by atoms with Crippen LogP contribution in [-0.4, -0.2) is 73.9 Å². The molecule has 4 heteroatoms. The minimum Gasteiger partial charge on any atom is -0.377 e. The van der Waals surface area contributed by atoms with Crippen molar-refractivity contribution >= 4 is 0 Å². The summed E-state index contributed by atoms with van der Waals surface area (Å²) in [7, 11) is 0. The van der Waals surface area contributed by atoms with Gasteiger partial charge in [0.25, 0.3) is 0 Å². The van der Waals surface area contributed by atoms with E-state index in [1.165, 1.54) is 58.3 Å². The predicted molar refractivity (Wildman–Crippen MR) is 82.1 cm³/mol. The average molecular weight is 281 g/mol. The first-order chi connectivity index (χ1) is 9.83. The van der Waals surface area contributed by atoms with Crippen molar-refractivity contribution in [2.75, 3.05) is 45.9 Å². The summed E-state index contributed by atoms with van der Waals surface area (Å²) in [6.45, 7) is 10.6. The molecule has 0 aromatic rings. The zero-order valence-electron chi connectivity index (χ0n) is 13.0. The molecule has 0 amide bonds. The molecule has 0 aliphatic carbocycles. The first-order valence-corrected chi connectivity index (χ1v) is 8.63. The van der Waals surface area contributed by atoms with Crippen LogP contribution in [0.4, 0.5) is 0 Å². The van der Waals surface area contributed by atoms with Gasteiger partial charge in [0.15, 0.2) is 0 Å². The molecule has 4 nitrogen and oxygen atoms in total. The number of piperidine rings is 1. The maximum Gasteiger partial charge on any atom is 0.0700 e. The Morgan fingerprint density at radius 1 is 1.15 bits per heavy atom. The van der Waals surface area contributed by atoms with Gasteiger partial charge in [-0.2, -0.15) is 0 Å². The normalized spacial score (nSPS) is 36.1. The van der Waals surface area contributed by atoms with Crippen LogP contribution in [0.25, 0.3) is 0 Å². The van der Waals surface area contributed by atoms with Gasteiger partial charge in [-0.25, -0.2) is 0 Å². The molecular weight excluding hydrogens is 250 g/mol. The van der Waals surface area contributed by atoms with Gasteiger partial charge in [-0.3, -0.25) is 9.80 Å². The zero-order valence-corrected chi connectivity index (χ0v) is 13.0. The molecule has 0 radical (unpaired) electrons. The van der Waals surface area contributed by atoms with Crippen molar-refractivity contribution < 1.29 is 4.74 Å². The molecule has 3 unspecified atom stereocenters. The number of piperazine rings is 1. The van der Waals surface area contributed by atoms with E-state index in [9.17, 15) is 0 Å². The Hall–Kier alpha value is -0.160. The summed E-state index contributed by atoms with van der Waals surface area (Å²) in [6.07, 6.45) is 7.21. The van der Waals surface area contributed by atoms with Crippen molar-refractivity contribution in [2.45, 2.75) is 57.2 Å². The van der Waals surface area contributed by atoms with Gasteiger partial charge >= 0.3 is 0 Å². The number of nitrogens with one attached hydrogen (secondary N) is 1. The van der Waals surface area contributed by atoms with Crippen LogP contribution in [0.1, 0.15) is 39.0 Å². The van der Waals surface area contributed by atoms with Crippen molar-refractivity contribution in [3.63, 3.8) is 0 Å². The minimum atomic E-state index is 0.475. The fraction of sp³-hybridized carbons (Fsp3) is 1.00. The summed E-state index contributed by atoms with van der Waals surface area (Å²) in [4.78, 5) is 5.42. The molecule has 3 saturated heterocycles. The van der Waals surface area contributed by atoms with E-state index in [0.29, 0.717) is 12.1 Å². The number of fused-ring (bicyclic) bond motifs is 1. The van der Waals surface area contributed by atoms with E-state index in [1.807, 2.05) is 0 Å². The van der Waals surface area contributed by atoms with Crippen LogP contribution >= 0.6 is 0 Å². The van der Waals surface area contributed by atoms with Gasteiger partial charge in [0.05, 0.1) is 6.10 Å². The van der Waals surface area contributed by atoms with Crippen molar-refractivity contribution in [3.8, 4) is 0 Å². The average Bonchev–Trinajstić information content (AvgIpc) is 2.97. The lowest BCUT2D eigenvalue weighted by atomic mass is 9.97. The molecule has 3 heterocycles. The molecule has 3 aliphatic rings. The number of rotatable bonds is 5. The zero-order chi connectivity index (χ0) is 13.8. The highest BCUT2D eigenvalue weighted by Gasteiger charge is 2.32. The Kier molecular flexibility index (Phi) is 5.32. The predicted octanol–water partition coefficient (Wildman–Crippen LogP) is 1.31. The van der Waals surface area contributed by atoms with Crippen molar-refractivity contribution in [1.29, 1.82) is 0 Å². The molecule has 0 aromatic heterocycles. The number of hydrogen-bond donors (Lipinski definition) is 1. The summed E-state index contributed by atoms with van der Waals surface area (Å²) in [6, 6.07) is 1.55. The Labute approximate surface area is 123 Å². The molecule has 3 rings (SSSR count). The van der Waals surface area contributed by atoms with Crippen LogP contribution in [0.5, 0.6) is 0 Å². The van der Waals surface area contributed by atoms with Crippen molar-refractivity contribution in [2.24, 2.45) is 0 Å². The number of ether oxygens (including phenoxy) is 1. The maximum atomic E-state index is 5.65. The third-order valence-corrected chi connectivity index (χ3v) is 5.29. The SMILES string of the molecule is CC1CN2CCCCC2CN1CCNCC1CCCO1. The Morgan fingerprint density at radius 2 is 2.10 bits per heavy atom. The fourth-order valence-electron chi connectivity index (χ4n) is 4.02. The molecule has 0 spiro atoms. The van der Waals surface area contributed by atoms with E-state index >= 15 is 0 Å². The smallest absolute Gasteiger partial charge is 0.0700 e. The van der Waals surface area contributed by atoms with Crippen LogP contribution in [0.2, 0.25) is 0 Å². The van der Waals surface area contributed by atoms with Crippen molar-refractivity contribution in [1.82, 2.24) is 15.1 Å². The highest BCUT2D eigenvalue weighted by atomic mass is 16.5. The molecule has 20 heavy (non-hydrogen) atoms. The summed E-state index contributed by atoms with van der Waals surface area (Å²) >= 11 is 0. The Morgan fingerprint density at radius 3 is 2.95 bits per heavy atom. The molecule has 0 saturated carbocycles. The monoisotopic (exact) mass is 281 g/mol. The van der Waals surface area contributed by atoms with Crippen LogP contribution in [0, 0.1) is 0 Å². The Bertz CT molecular complexity index is 293. The second-order valence-electron chi connectivity index (χ2n) is 6.83. The van der Waals surface area contributed by atoms with Gasteiger partial charge in [-0.05, 0) is 39.2 Å². The van der Waals surface area contributed by atoms with Gasteiger partial charge in [-0.15, -0.1) is 0 Å². The molecule has 3 atom stereocenters. The topological polar surface area (TPSA) is 27.7 Å². The van der Waals surface area contributed by atoms with E-state index in [4.69, 9.17) is 4.74 Å². The van der Waals surface area contributed by atoms with E-state index in [0.717, 1.165) is 25.7 Å².